The van der Waals surface area contributed by atoms with E-state index in [9.17, 15) is 9.18 Å². The van der Waals surface area contributed by atoms with E-state index in [2.05, 4.69) is 20.5 Å². The molecule has 1 aliphatic rings. The molecule has 2 N–H and O–H groups in total. The monoisotopic (exact) mass is 302 g/mol. The summed E-state index contributed by atoms with van der Waals surface area (Å²) < 4.78 is 13.1. The number of hydrogen-bond donors (Lipinski definition) is 2. The van der Waals surface area contributed by atoms with E-state index in [-0.39, 0.29) is 11.7 Å². The van der Waals surface area contributed by atoms with Crippen LogP contribution in [0, 0.1) is 5.82 Å². The van der Waals surface area contributed by atoms with E-state index in [0.29, 0.717) is 22.1 Å². The van der Waals surface area contributed by atoms with Gasteiger partial charge >= 0.3 is 0 Å². The van der Waals surface area contributed by atoms with Crippen LogP contribution in [0.4, 0.5) is 9.52 Å². The van der Waals surface area contributed by atoms with Gasteiger partial charge < -0.3 is 4.98 Å². The lowest BCUT2D eigenvalue weighted by atomic mass is 10.2. The Morgan fingerprint density at radius 2 is 2.19 bits per heavy atom. The van der Waals surface area contributed by atoms with Crippen molar-refractivity contribution in [3.8, 4) is 0 Å². The lowest BCUT2D eigenvalue weighted by Crippen LogP contribution is -2.11. The minimum absolute atomic E-state index is 0.301. The highest BCUT2D eigenvalue weighted by Gasteiger charge is 2.27. The molecule has 21 heavy (non-hydrogen) atoms. The average molecular weight is 302 g/mol. The molecule has 1 fully saturated rings. The molecule has 1 aromatic carbocycles. The smallest absolute Gasteiger partial charge is 0.273 e. The number of amides is 1. The number of fused-ring (bicyclic) bond motifs is 1. The van der Waals surface area contributed by atoms with Gasteiger partial charge in [-0.15, -0.1) is 10.2 Å². The van der Waals surface area contributed by atoms with Crippen LogP contribution in [0.25, 0.3) is 10.9 Å². The molecule has 7 heteroatoms. The zero-order valence-corrected chi connectivity index (χ0v) is 11.7. The van der Waals surface area contributed by atoms with Gasteiger partial charge in [-0.1, -0.05) is 11.3 Å². The fourth-order valence-electron chi connectivity index (χ4n) is 2.17. The van der Waals surface area contributed by atoms with Crippen molar-refractivity contribution < 1.29 is 9.18 Å². The number of nitrogens with one attached hydrogen (secondary N) is 2. The van der Waals surface area contributed by atoms with E-state index in [1.54, 1.807) is 12.1 Å². The minimum atomic E-state index is -0.327. The summed E-state index contributed by atoms with van der Waals surface area (Å²) >= 11 is 1.41. The number of halogens is 1. The number of H-pyrrole nitrogens is 1. The van der Waals surface area contributed by atoms with Gasteiger partial charge in [0.15, 0.2) is 0 Å². The van der Waals surface area contributed by atoms with Crippen molar-refractivity contribution in [2.75, 3.05) is 5.32 Å². The molecule has 1 aliphatic carbocycles. The number of aromatic nitrogens is 3. The van der Waals surface area contributed by atoms with E-state index in [4.69, 9.17) is 0 Å². The van der Waals surface area contributed by atoms with Gasteiger partial charge in [-0.2, -0.15) is 0 Å². The van der Waals surface area contributed by atoms with Crippen LogP contribution in [0.5, 0.6) is 0 Å². The number of aromatic amines is 1. The van der Waals surface area contributed by atoms with Crippen LogP contribution >= 0.6 is 11.3 Å². The van der Waals surface area contributed by atoms with Crippen LogP contribution in [0.1, 0.15) is 34.3 Å². The standard InChI is InChI=1S/C14H11FN4OS/c15-9-3-4-10-8(5-9)6-11(16-10)12(20)17-14-19-18-13(21-14)7-1-2-7/h3-7,16H,1-2H2,(H,17,19,20). The van der Waals surface area contributed by atoms with Gasteiger partial charge in [0.25, 0.3) is 5.91 Å². The fourth-order valence-corrected chi connectivity index (χ4v) is 3.08. The van der Waals surface area contributed by atoms with Crippen molar-refractivity contribution in [2.45, 2.75) is 18.8 Å². The maximum atomic E-state index is 13.1. The molecule has 106 valence electrons. The number of carbonyl (C=O) groups excluding carboxylic acids is 1. The molecule has 0 atom stereocenters. The third-order valence-corrected chi connectivity index (χ3v) is 4.42. The van der Waals surface area contributed by atoms with E-state index in [0.717, 1.165) is 23.4 Å². The zero-order chi connectivity index (χ0) is 14.4. The maximum absolute atomic E-state index is 13.1. The first-order valence-electron chi connectivity index (χ1n) is 6.62. The molecule has 3 aromatic rings. The summed E-state index contributed by atoms with van der Waals surface area (Å²) in [5.41, 5.74) is 1.09. The second kappa shape index (κ2) is 4.63. The number of anilines is 1. The third kappa shape index (κ3) is 2.40. The van der Waals surface area contributed by atoms with Crippen LogP contribution in [0.3, 0.4) is 0 Å². The van der Waals surface area contributed by atoms with E-state index in [1.165, 1.54) is 23.5 Å². The van der Waals surface area contributed by atoms with Gasteiger partial charge in [-0.05, 0) is 37.1 Å². The highest BCUT2D eigenvalue weighted by atomic mass is 32.1. The predicted molar refractivity (Wildman–Crippen MR) is 78.1 cm³/mol. The summed E-state index contributed by atoms with van der Waals surface area (Å²) in [5.74, 6) is -0.110. The molecule has 4 rings (SSSR count). The van der Waals surface area contributed by atoms with Crippen molar-refractivity contribution in [2.24, 2.45) is 0 Å². The van der Waals surface area contributed by atoms with E-state index in [1.807, 2.05) is 0 Å². The summed E-state index contributed by atoms with van der Waals surface area (Å²) in [6.07, 6.45) is 2.30. The molecule has 0 aliphatic heterocycles. The van der Waals surface area contributed by atoms with Crippen molar-refractivity contribution in [3.63, 3.8) is 0 Å². The Morgan fingerprint density at radius 3 is 3.00 bits per heavy atom. The third-order valence-electron chi connectivity index (χ3n) is 3.42. The van der Waals surface area contributed by atoms with Crippen LogP contribution in [-0.2, 0) is 0 Å². The Kier molecular flexibility index (Phi) is 2.75. The van der Waals surface area contributed by atoms with E-state index < -0.39 is 0 Å². The van der Waals surface area contributed by atoms with Gasteiger partial charge in [-0.25, -0.2) is 4.39 Å². The van der Waals surface area contributed by atoms with Crippen LogP contribution in [0.15, 0.2) is 24.3 Å². The Bertz CT molecular complexity index is 836. The molecule has 1 amide bonds. The molecule has 0 saturated heterocycles. The maximum Gasteiger partial charge on any atom is 0.273 e. The average Bonchev–Trinajstić information content (AvgIpc) is 3.06. The van der Waals surface area contributed by atoms with Crippen LogP contribution < -0.4 is 5.32 Å². The quantitative estimate of drug-likeness (QED) is 0.780. The number of carbonyl (C=O) groups is 1. The molecule has 0 bridgehead atoms. The Morgan fingerprint density at radius 1 is 1.33 bits per heavy atom. The minimum Gasteiger partial charge on any atom is -0.351 e. The molecule has 0 radical (unpaired) electrons. The zero-order valence-electron chi connectivity index (χ0n) is 10.9. The first-order chi connectivity index (χ1) is 10.2. The number of nitrogens with zero attached hydrogens (tertiary/aromatic N) is 2. The molecule has 5 nitrogen and oxygen atoms in total. The topological polar surface area (TPSA) is 70.7 Å². The van der Waals surface area contributed by atoms with Crippen LogP contribution in [-0.4, -0.2) is 21.1 Å². The number of rotatable bonds is 3. The Hall–Kier alpha value is -2.28. The SMILES string of the molecule is O=C(Nc1nnc(C2CC2)s1)c1cc2cc(F)ccc2[nH]1. The first kappa shape index (κ1) is 12.5. The predicted octanol–water partition coefficient (Wildman–Crippen LogP) is 3.29. The van der Waals surface area contributed by atoms with Gasteiger partial charge in [-0.3, -0.25) is 10.1 Å². The lowest BCUT2D eigenvalue weighted by Gasteiger charge is -1.97. The van der Waals surface area contributed by atoms with E-state index >= 15 is 0 Å². The summed E-state index contributed by atoms with van der Waals surface area (Å²) in [7, 11) is 0. The molecule has 2 aromatic heterocycles. The Labute approximate surface area is 123 Å². The first-order valence-corrected chi connectivity index (χ1v) is 7.44. The lowest BCUT2D eigenvalue weighted by molar-refractivity contribution is 0.102. The summed E-state index contributed by atoms with van der Waals surface area (Å²) in [4.78, 5) is 15.1. The molecule has 0 unspecified atom stereocenters. The molecular formula is C14H11FN4OS. The number of hydrogen-bond acceptors (Lipinski definition) is 4. The van der Waals surface area contributed by atoms with Crippen molar-refractivity contribution in [1.82, 2.24) is 15.2 Å². The molecular weight excluding hydrogens is 291 g/mol. The van der Waals surface area contributed by atoms with Crippen molar-refractivity contribution >= 4 is 33.3 Å². The normalized spacial score (nSPS) is 14.5. The van der Waals surface area contributed by atoms with Gasteiger partial charge in [0.2, 0.25) is 5.13 Å². The fraction of sp³-hybridized carbons (Fsp3) is 0.214. The van der Waals surface area contributed by atoms with Gasteiger partial charge in [0.05, 0.1) is 0 Å². The second-order valence-corrected chi connectivity index (χ2v) is 6.10. The second-order valence-electron chi connectivity index (χ2n) is 5.09. The summed E-state index contributed by atoms with van der Waals surface area (Å²) in [6.45, 7) is 0. The van der Waals surface area contributed by atoms with Gasteiger partial charge in [0, 0.05) is 16.8 Å². The Balaban J connectivity index is 1.57. The molecule has 1 saturated carbocycles. The highest BCUT2D eigenvalue weighted by Crippen LogP contribution is 2.42. The van der Waals surface area contributed by atoms with Gasteiger partial charge in [0.1, 0.15) is 16.5 Å². The molecule has 2 heterocycles. The largest absolute Gasteiger partial charge is 0.351 e. The summed E-state index contributed by atoms with van der Waals surface area (Å²) in [6, 6.07) is 5.97. The van der Waals surface area contributed by atoms with Crippen molar-refractivity contribution in [1.29, 1.82) is 0 Å². The van der Waals surface area contributed by atoms with Crippen LogP contribution in [0.2, 0.25) is 0 Å². The highest BCUT2D eigenvalue weighted by molar-refractivity contribution is 7.15. The molecule has 0 spiro atoms. The summed E-state index contributed by atoms with van der Waals surface area (Å²) in [5, 5.41) is 12.9. The van der Waals surface area contributed by atoms with Crippen molar-refractivity contribution in [3.05, 3.63) is 40.8 Å². The number of benzene rings is 1.